The number of nitrogens with zero attached hydrogens (tertiary/aromatic N) is 1. The van der Waals surface area contributed by atoms with Crippen molar-refractivity contribution in [1.82, 2.24) is 10.2 Å². The fraction of sp³-hybridized carbons (Fsp3) is 0.611. The van der Waals surface area contributed by atoms with Crippen molar-refractivity contribution < 1.29 is 13.9 Å². The van der Waals surface area contributed by atoms with Gasteiger partial charge in [0.05, 0.1) is 11.7 Å². The van der Waals surface area contributed by atoms with Gasteiger partial charge < -0.3 is 15.0 Å². The predicted molar refractivity (Wildman–Crippen MR) is 84.8 cm³/mol. The van der Waals surface area contributed by atoms with Crippen LogP contribution >= 0.6 is 0 Å². The van der Waals surface area contributed by atoms with Crippen molar-refractivity contribution in [2.75, 3.05) is 26.7 Å². The first-order valence-corrected chi connectivity index (χ1v) is 8.39. The number of aryl methyl sites for hydroxylation is 1. The second-order valence-electron chi connectivity index (χ2n) is 7.40. The average molecular weight is 318 g/mol. The van der Waals surface area contributed by atoms with Gasteiger partial charge in [-0.3, -0.25) is 4.79 Å². The summed E-state index contributed by atoms with van der Waals surface area (Å²) in [4.78, 5) is 14.7. The standard InChI is InChI=1S/C18H23FN2O2/c1-11-7-12(3-4-15(11)19)17(22)20-8-13-14-9-21(2)10-18(14)6-5-16(13)23-18/h3-4,7,13-14,16H,5-6,8-10H2,1-2H3,(H,20,22)/t13-,14+,16+,18+/m0/s1. The van der Waals surface area contributed by atoms with Gasteiger partial charge in [-0.1, -0.05) is 0 Å². The van der Waals surface area contributed by atoms with E-state index >= 15 is 0 Å². The monoisotopic (exact) mass is 318 g/mol. The number of halogens is 1. The van der Waals surface area contributed by atoms with E-state index in [0.717, 1.165) is 25.9 Å². The Labute approximate surface area is 136 Å². The maximum atomic E-state index is 13.3. The number of benzene rings is 1. The van der Waals surface area contributed by atoms with Crippen LogP contribution in [0.15, 0.2) is 18.2 Å². The topological polar surface area (TPSA) is 41.6 Å². The molecule has 4 atom stereocenters. The molecule has 23 heavy (non-hydrogen) atoms. The van der Waals surface area contributed by atoms with Gasteiger partial charge in [0.25, 0.3) is 5.91 Å². The summed E-state index contributed by atoms with van der Waals surface area (Å²) in [6.45, 7) is 4.37. The summed E-state index contributed by atoms with van der Waals surface area (Å²) in [6.07, 6.45) is 2.53. The van der Waals surface area contributed by atoms with Gasteiger partial charge in [0, 0.05) is 37.0 Å². The number of hydrogen-bond donors (Lipinski definition) is 1. The Morgan fingerprint density at radius 3 is 3.13 bits per heavy atom. The number of ether oxygens (including phenoxy) is 1. The van der Waals surface area contributed by atoms with Crippen molar-refractivity contribution in [3.05, 3.63) is 35.1 Å². The molecular weight excluding hydrogens is 295 g/mol. The fourth-order valence-corrected chi connectivity index (χ4v) is 4.79. The molecule has 1 N–H and O–H groups in total. The highest BCUT2D eigenvalue weighted by atomic mass is 19.1. The van der Waals surface area contributed by atoms with E-state index in [1.807, 2.05) is 0 Å². The SMILES string of the molecule is Cc1cc(C(=O)NC[C@H]2[C@H]3CN(C)C[C@]34CC[C@H]2O4)ccc1F. The summed E-state index contributed by atoms with van der Waals surface area (Å²) >= 11 is 0. The van der Waals surface area contributed by atoms with E-state index in [9.17, 15) is 9.18 Å². The molecule has 5 heteroatoms. The molecule has 4 nitrogen and oxygen atoms in total. The lowest BCUT2D eigenvalue weighted by Gasteiger charge is -2.29. The van der Waals surface area contributed by atoms with Gasteiger partial charge in [-0.25, -0.2) is 4.39 Å². The number of rotatable bonds is 3. The number of likely N-dealkylation sites (N-methyl/N-ethyl adjacent to an activating group) is 1. The molecule has 0 aliphatic carbocycles. The van der Waals surface area contributed by atoms with E-state index in [0.29, 0.717) is 29.5 Å². The predicted octanol–water partition coefficient (Wildman–Crippen LogP) is 1.97. The molecular formula is C18H23FN2O2. The minimum Gasteiger partial charge on any atom is -0.370 e. The molecule has 4 rings (SSSR count). The molecule has 3 saturated heterocycles. The van der Waals surface area contributed by atoms with Crippen LogP contribution in [0.3, 0.4) is 0 Å². The van der Waals surface area contributed by atoms with E-state index in [1.54, 1.807) is 19.1 Å². The number of likely N-dealkylation sites (tertiary alicyclic amines) is 1. The van der Waals surface area contributed by atoms with Crippen LogP contribution in [0, 0.1) is 24.6 Å². The van der Waals surface area contributed by atoms with Crippen molar-refractivity contribution in [3.8, 4) is 0 Å². The van der Waals surface area contributed by atoms with Gasteiger partial charge in [0.2, 0.25) is 0 Å². The molecule has 2 bridgehead atoms. The maximum absolute atomic E-state index is 13.3. The third kappa shape index (κ3) is 2.37. The highest BCUT2D eigenvalue weighted by Crippen LogP contribution is 2.54. The van der Waals surface area contributed by atoms with E-state index in [-0.39, 0.29) is 23.4 Å². The molecule has 1 amide bonds. The van der Waals surface area contributed by atoms with Crippen LogP contribution in [0.2, 0.25) is 0 Å². The smallest absolute Gasteiger partial charge is 0.251 e. The van der Waals surface area contributed by atoms with Crippen LogP contribution in [-0.2, 0) is 4.74 Å². The van der Waals surface area contributed by atoms with Gasteiger partial charge >= 0.3 is 0 Å². The molecule has 3 heterocycles. The Morgan fingerprint density at radius 2 is 2.35 bits per heavy atom. The molecule has 0 aromatic heterocycles. The van der Waals surface area contributed by atoms with Crippen LogP contribution in [0.5, 0.6) is 0 Å². The summed E-state index contributed by atoms with van der Waals surface area (Å²) in [6, 6.07) is 4.50. The van der Waals surface area contributed by atoms with E-state index in [2.05, 4.69) is 17.3 Å². The van der Waals surface area contributed by atoms with Crippen molar-refractivity contribution >= 4 is 5.91 Å². The zero-order chi connectivity index (χ0) is 16.2. The lowest BCUT2D eigenvalue weighted by atomic mass is 9.73. The summed E-state index contributed by atoms with van der Waals surface area (Å²) in [7, 11) is 2.14. The Kier molecular flexibility index (Phi) is 3.46. The Morgan fingerprint density at radius 1 is 1.52 bits per heavy atom. The number of carbonyl (C=O) groups is 1. The first kappa shape index (κ1) is 15.1. The zero-order valence-corrected chi connectivity index (χ0v) is 13.6. The van der Waals surface area contributed by atoms with E-state index < -0.39 is 0 Å². The molecule has 3 aliphatic heterocycles. The molecule has 1 spiro atoms. The number of nitrogens with one attached hydrogen (secondary N) is 1. The lowest BCUT2D eigenvalue weighted by molar-refractivity contribution is 0.00472. The van der Waals surface area contributed by atoms with Crippen molar-refractivity contribution in [3.63, 3.8) is 0 Å². The van der Waals surface area contributed by atoms with Gasteiger partial charge in [-0.15, -0.1) is 0 Å². The zero-order valence-electron chi connectivity index (χ0n) is 13.6. The van der Waals surface area contributed by atoms with Gasteiger partial charge in [0.15, 0.2) is 0 Å². The maximum Gasteiger partial charge on any atom is 0.251 e. The van der Waals surface area contributed by atoms with E-state index in [4.69, 9.17) is 4.74 Å². The Hall–Kier alpha value is -1.46. The number of fused-ring (bicyclic) bond motifs is 1. The molecule has 124 valence electrons. The number of hydrogen-bond acceptors (Lipinski definition) is 3. The largest absolute Gasteiger partial charge is 0.370 e. The highest BCUT2D eigenvalue weighted by molar-refractivity contribution is 5.94. The second kappa shape index (κ2) is 5.28. The van der Waals surface area contributed by atoms with Crippen molar-refractivity contribution in [2.45, 2.75) is 31.5 Å². The van der Waals surface area contributed by atoms with Crippen molar-refractivity contribution in [2.24, 2.45) is 11.8 Å². The van der Waals surface area contributed by atoms with Crippen molar-refractivity contribution in [1.29, 1.82) is 0 Å². The van der Waals surface area contributed by atoms with Crippen LogP contribution in [0.1, 0.15) is 28.8 Å². The number of amides is 1. The summed E-state index contributed by atoms with van der Waals surface area (Å²) < 4.78 is 19.6. The Balaban J connectivity index is 1.43. The van der Waals surface area contributed by atoms with Crippen LogP contribution in [-0.4, -0.2) is 49.2 Å². The third-order valence-electron chi connectivity index (χ3n) is 5.87. The average Bonchev–Trinajstić information content (AvgIpc) is 3.14. The first-order valence-electron chi connectivity index (χ1n) is 8.39. The molecule has 3 fully saturated rings. The Bertz CT molecular complexity index is 650. The summed E-state index contributed by atoms with van der Waals surface area (Å²) in [5, 5.41) is 3.04. The number of carbonyl (C=O) groups excluding carboxylic acids is 1. The lowest BCUT2D eigenvalue weighted by Crippen LogP contribution is -2.41. The quantitative estimate of drug-likeness (QED) is 0.926. The van der Waals surface area contributed by atoms with Crippen LogP contribution < -0.4 is 5.32 Å². The normalized spacial score (nSPS) is 35.5. The van der Waals surface area contributed by atoms with Gasteiger partial charge in [-0.05, 0) is 50.6 Å². The van der Waals surface area contributed by atoms with Gasteiger partial charge in [-0.2, -0.15) is 0 Å². The minimum absolute atomic E-state index is 0.0290. The molecule has 0 radical (unpaired) electrons. The fourth-order valence-electron chi connectivity index (χ4n) is 4.79. The van der Waals surface area contributed by atoms with Gasteiger partial charge in [0.1, 0.15) is 5.82 Å². The first-order chi connectivity index (χ1) is 11.0. The third-order valence-corrected chi connectivity index (χ3v) is 5.87. The summed E-state index contributed by atoms with van der Waals surface area (Å²) in [5.74, 6) is 0.496. The van der Waals surface area contributed by atoms with Crippen LogP contribution in [0.25, 0.3) is 0 Å². The molecule has 3 aliphatic rings. The molecule has 1 aromatic carbocycles. The minimum atomic E-state index is -0.279. The molecule has 1 aromatic rings. The summed E-state index contributed by atoms with van der Waals surface area (Å²) in [5.41, 5.74) is 1.05. The second-order valence-corrected chi connectivity index (χ2v) is 7.40. The van der Waals surface area contributed by atoms with Crippen LogP contribution in [0.4, 0.5) is 4.39 Å². The van der Waals surface area contributed by atoms with E-state index in [1.165, 1.54) is 6.07 Å². The molecule has 0 saturated carbocycles. The molecule has 0 unspecified atom stereocenters. The highest BCUT2D eigenvalue weighted by Gasteiger charge is 2.62.